The Morgan fingerprint density at radius 1 is 1.12 bits per heavy atom. The molecule has 1 fully saturated rings. The van der Waals surface area contributed by atoms with Gasteiger partial charge in [-0.3, -0.25) is 0 Å². The van der Waals surface area contributed by atoms with Crippen LogP contribution in [-0.4, -0.2) is 55.7 Å². The van der Waals surface area contributed by atoms with E-state index in [4.69, 9.17) is 9.15 Å². The number of anilines is 1. The van der Waals surface area contributed by atoms with E-state index in [0.717, 1.165) is 0 Å². The molecule has 0 bridgehead atoms. The number of hydrogen-bond acceptors (Lipinski definition) is 7. The smallest absolute Gasteiger partial charge is 0.318 e. The van der Waals surface area contributed by atoms with Gasteiger partial charge >= 0.3 is 6.01 Å². The Morgan fingerprint density at radius 2 is 1.77 bits per heavy atom. The van der Waals surface area contributed by atoms with E-state index in [0.29, 0.717) is 50.4 Å². The molecule has 142 valence electrons. The summed E-state index contributed by atoms with van der Waals surface area (Å²) in [7, 11) is -3.52. The minimum atomic E-state index is -3.52. The molecule has 8 nitrogen and oxygen atoms in total. The highest BCUT2D eigenvalue weighted by Crippen LogP contribution is 2.23. The first-order valence-corrected chi connectivity index (χ1v) is 10.2. The van der Waals surface area contributed by atoms with Crippen molar-refractivity contribution in [1.29, 1.82) is 0 Å². The third kappa shape index (κ3) is 3.83. The van der Waals surface area contributed by atoms with E-state index >= 15 is 0 Å². The maximum atomic E-state index is 12.8. The number of aromatic nitrogens is 2. The zero-order valence-electron chi connectivity index (χ0n) is 15.3. The lowest BCUT2D eigenvalue weighted by atomic mass is 10.2. The van der Waals surface area contributed by atoms with E-state index < -0.39 is 10.0 Å². The number of benzene rings is 1. The van der Waals surface area contributed by atoms with E-state index in [1.54, 1.807) is 24.3 Å². The fourth-order valence-corrected chi connectivity index (χ4v) is 4.15. The van der Waals surface area contributed by atoms with Crippen molar-refractivity contribution in [1.82, 2.24) is 14.5 Å². The predicted octanol–water partition coefficient (Wildman–Crippen LogP) is 2.10. The molecule has 2 heterocycles. The molecule has 2 aromatic rings. The van der Waals surface area contributed by atoms with Crippen LogP contribution in [0.2, 0.25) is 0 Å². The topological polar surface area (TPSA) is 88.8 Å². The minimum Gasteiger partial charge on any atom is -0.494 e. The Labute approximate surface area is 153 Å². The highest BCUT2D eigenvalue weighted by molar-refractivity contribution is 7.89. The van der Waals surface area contributed by atoms with E-state index in [-0.39, 0.29) is 10.8 Å². The van der Waals surface area contributed by atoms with E-state index in [1.165, 1.54) is 4.31 Å². The van der Waals surface area contributed by atoms with Crippen LogP contribution in [0.15, 0.2) is 33.6 Å². The number of hydrogen-bond donors (Lipinski definition) is 0. The molecule has 0 radical (unpaired) electrons. The summed E-state index contributed by atoms with van der Waals surface area (Å²) in [5.74, 6) is 1.41. The average Bonchev–Trinajstić information content (AvgIpc) is 3.13. The van der Waals surface area contributed by atoms with Crippen LogP contribution in [0.4, 0.5) is 6.01 Å². The molecule has 1 aromatic heterocycles. The second kappa shape index (κ2) is 7.63. The summed E-state index contributed by atoms with van der Waals surface area (Å²) >= 11 is 0. The van der Waals surface area contributed by atoms with Crippen LogP contribution in [0.5, 0.6) is 5.75 Å². The molecule has 26 heavy (non-hydrogen) atoms. The van der Waals surface area contributed by atoms with Crippen LogP contribution in [0.3, 0.4) is 0 Å². The third-order valence-corrected chi connectivity index (χ3v) is 6.12. The summed E-state index contributed by atoms with van der Waals surface area (Å²) in [5.41, 5.74) is 0. The van der Waals surface area contributed by atoms with Gasteiger partial charge < -0.3 is 14.1 Å². The fraction of sp³-hybridized carbons (Fsp3) is 0.529. The van der Waals surface area contributed by atoms with Gasteiger partial charge in [0.2, 0.25) is 15.9 Å². The first-order chi connectivity index (χ1) is 12.4. The molecule has 1 aliphatic rings. The normalized spacial score (nSPS) is 16.2. The Kier molecular flexibility index (Phi) is 5.47. The molecule has 0 saturated carbocycles. The van der Waals surface area contributed by atoms with Gasteiger partial charge in [0.05, 0.1) is 11.5 Å². The van der Waals surface area contributed by atoms with Crippen molar-refractivity contribution in [2.75, 3.05) is 37.7 Å². The van der Waals surface area contributed by atoms with Crippen LogP contribution in [0, 0.1) is 0 Å². The van der Waals surface area contributed by atoms with Crippen LogP contribution < -0.4 is 9.64 Å². The average molecular weight is 380 g/mol. The lowest BCUT2D eigenvalue weighted by Gasteiger charge is -2.32. The van der Waals surface area contributed by atoms with Crippen LogP contribution in [0.1, 0.15) is 32.6 Å². The van der Waals surface area contributed by atoms with Gasteiger partial charge in [0.1, 0.15) is 5.75 Å². The van der Waals surface area contributed by atoms with Gasteiger partial charge in [0.25, 0.3) is 0 Å². The SMILES string of the molecule is CCOc1ccc(S(=O)(=O)N2CCN(c3nnc(C(C)C)o3)CC2)cc1. The fourth-order valence-electron chi connectivity index (χ4n) is 2.73. The van der Waals surface area contributed by atoms with E-state index in [9.17, 15) is 8.42 Å². The number of piperazine rings is 1. The van der Waals surface area contributed by atoms with E-state index in [1.807, 2.05) is 25.7 Å². The molecule has 0 aliphatic carbocycles. The first-order valence-electron chi connectivity index (χ1n) is 8.73. The molecule has 0 atom stereocenters. The number of nitrogens with zero attached hydrogens (tertiary/aromatic N) is 4. The van der Waals surface area contributed by atoms with Gasteiger partial charge in [-0.1, -0.05) is 18.9 Å². The van der Waals surface area contributed by atoms with Crippen LogP contribution in [0.25, 0.3) is 0 Å². The van der Waals surface area contributed by atoms with Gasteiger partial charge in [-0.15, -0.1) is 5.10 Å². The number of sulfonamides is 1. The number of ether oxygens (including phenoxy) is 1. The summed E-state index contributed by atoms with van der Waals surface area (Å²) in [5, 5.41) is 8.09. The molecule has 0 unspecified atom stereocenters. The maximum Gasteiger partial charge on any atom is 0.318 e. The summed E-state index contributed by atoms with van der Waals surface area (Å²) in [6.45, 7) is 8.16. The highest BCUT2D eigenvalue weighted by atomic mass is 32.2. The third-order valence-electron chi connectivity index (χ3n) is 4.21. The summed E-state index contributed by atoms with van der Waals surface area (Å²) in [6, 6.07) is 6.97. The minimum absolute atomic E-state index is 0.164. The second-order valence-corrected chi connectivity index (χ2v) is 8.31. The first kappa shape index (κ1) is 18.7. The summed E-state index contributed by atoms with van der Waals surface area (Å²) in [4.78, 5) is 2.19. The van der Waals surface area contributed by atoms with Crippen molar-refractivity contribution in [3.8, 4) is 5.75 Å². The molecule has 0 N–H and O–H groups in total. The Hall–Kier alpha value is -2.13. The maximum absolute atomic E-state index is 12.8. The van der Waals surface area contributed by atoms with Gasteiger partial charge in [0, 0.05) is 32.1 Å². The van der Waals surface area contributed by atoms with Crippen molar-refractivity contribution < 1.29 is 17.6 Å². The molecular weight excluding hydrogens is 356 g/mol. The largest absolute Gasteiger partial charge is 0.494 e. The summed E-state index contributed by atoms with van der Waals surface area (Å²) < 4.78 is 38.1. The van der Waals surface area contributed by atoms with E-state index in [2.05, 4.69) is 10.2 Å². The highest BCUT2D eigenvalue weighted by Gasteiger charge is 2.30. The van der Waals surface area contributed by atoms with Crippen molar-refractivity contribution in [3.63, 3.8) is 0 Å². The Bertz CT molecular complexity index is 825. The van der Waals surface area contributed by atoms with Crippen LogP contribution in [-0.2, 0) is 10.0 Å². The predicted molar refractivity (Wildman–Crippen MR) is 97.0 cm³/mol. The Balaban J connectivity index is 1.66. The van der Waals surface area contributed by atoms with Gasteiger partial charge in [-0.2, -0.15) is 4.31 Å². The van der Waals surface area contributed by atoms with Crippen molar-refractivity contribution >= 4 is 16.0 Å². The summed E-state index contributed by atoms with van der Waals surface area (Å²) in [6.07, 6.45) is 0. The second-order valence-electron chi connectivity index (χ2n) is 6.37. The molecule has 1 aliphatic heterocycles. The van der Waals surface area contributed by atoms with Crippen molar-refractivity contribution in [3.05, 3.63) is 30.2 Å². The molecule has 0 amide bonds. The quantitative estimate of drug-likeness (QED) is 0.758. The van der Waals surface area contributed by atoms with Gasteiger partial charge in [-0.25, -0.2) is 8.42 Å². The van der Waals surface area contributed by atoms with Crippen LogP contribution >= 0.6 is 0 Å². The molecule has 1 saturated heterocycles. The lowest BCUT2D eigenvalue weighted by molar-refractivity contribution is 0.340. The number of rotatable bonds is 6. The molecule has 0 spiro atoms. The lowest BCUT2D eigenvalue weighted by Crippen LogP contribution is -2.48. The monoisotopic (exact) mass is 380 g/mol. The molecule has 9 heteroatoms. The van der Waals surface area contributed by atoms with Crippen molar-refractivity contribution in [2.24, 2.45) is 0 Å². The standard InChI is InChI=1S/C17H24N4O4S/c1-4-24-14-5-7-15(8-6-14)26(22,23)21-11-9-20(10-12-21)17-19-18-16(25-17)13(2)3/h5-8,13H,4,9-12H2,1-3H3. The zero-order chi connectivity index (χ0) is 18.7. The molecule has 3 rings (SSSR count). The van der Waals surface area contributed by atoms with Gasteiger partial charge in [-0.05, 0) is 31.2 Å². The van der Waals surface area contributed by atoms with Gasteiger partial charge in [0.15, 0.2) is 0 Å². The Morgan fingerprint density at radius 3 is 2.31 bits per heavy atom. The molecule has 1 aromatic carbocycles. The molecular formula is C17H24N4O4S. The van der Waals surface area contributed by atoms with Crippen molar-refractivity contribution in [2.45, 2.75) is 31.6 Å². The zero-order valence-corrected chi connectivity index (χ0v) is 16.1.